The number of piperidine rings is 1. The maximum absolute atomic E-state index is 3.79. The molecule has 0 bridgehead atoms. The van der Waals surface area contributed by atoms with Gasteiger partial charge >= 0.3 is 0 Å². The number of hydrogen-bond acceptors (Lipinski definition) is 2. The van der Waals surface area contributed by atoms with E-state index in [0.717, 1.165) is 12.1 Å². The van der Waals surface area contributed by atoms with E-state index in [-0.39, 0.29) is 0 Å². The standard InChI is InChI=1S/C12H24N2/c1-3-10(2)13-11-7-9-14-8-5-4-6-12(11)14/h10-13H,3-9H2,1-2H3. The Morgan fingerprint density at radius 3 is 2.93 bits per heavy atom. The molecule has 0 aromatic carbocycles. The van der Waals surface area contributed by atoms with Crippen LogP contribution in [0.1, 0.15) is 46.0 Å². The zero-order valence-electron chi connectivity index (χ0n) is 9.63. The van der Waals surface area contributed by atoms with E-state index in [2.05, 4.69) is 24.1 Å². The first-order valence-electron chi connectivity index (χ1n) is 6.31. The number of nitrogens with one attached hydrogen (secondary N) is 1. The average Bonchev–Trinajstić information content (AvgIpc) is 2.62. The average molecular weight is 196 g/mol. The Morgan fingerprint density at radius 1 is 1.29 bits per heavy atom. The van der Waals surface area contributed by atoms with Gasteiger partial charge in [-0.15, -0.1) is 0 Å². The molecule has 2 aliphatic rings. The molecule has 0 amide bonds. The van der Waals surface area contributed by atoms with Gasteiger partial charge in [0, 0.05) is 24.7 Å². The minimum atomic E-state index is 0.696. The summed E-state index contributed by atoms with van der Waals surface area (Å²) < 4.78 is 0. The van der Waals surface area contributed by atoms with Crippen LogP contribution in [-0.4, -0.2) is 36.1 Å². The molecule has 2 aliphatic heterocycles. The molecule has 0 aromatic heterocycles. The Labute approximate surface area is 88.1 Å². The van der Waals surface area contributed by atoms with Crippen molar-refractivity contribution in [1.82, 2.24) is 10.2 Å². The highest BCUT2D eigenvalue weighted by molar-refractivity contribution is 4.94. The molecule has 0 radical (unpaired) electrons. The van der Waals surface area contributed by atoms with Crippen molar-refractivity contribution in [3.8, 4) is 0 Å². The zero-order chi connectivity index (χ0) is 9.97. The van der Waals surface area contributed by atoms with Crippen molar-refractivity contribution >= 4 is 0 Å². The lowest BCUT2D eigenvalue weighted by atomic mass is 9.98. The van der Waals surface area contributed by atoms with Gasteiger partial charge in [-0.3, -0.25) is 4.90 Å². The Balaban J connectivity index is 1.87. The molecule has 1 N–H and O–H groups in total. The molecule has 2 heterocycles. The predicted molar refractivity (Wildman–Crippen MR) is 60.5 cm³/mol. The third-order valence-corrected chi connectivity index (χ3v) is 3.97. The summed E-state index contributed by atoms with van der Waals surface area (Å²) in [6, 6.07) is 2.34. The van der Waals surface area contributed by atoms with E-state index in [4.69, 9.17) is 0 Å². The molecule has 14 heavy (non-hydrogen) atoms. The molecule has 2 fully saturated rings. The highest BCUT2D eigenvalue weighted by Crippen LogP contribution is 2.27. The summed E-state index contributed by atoms with van der Waals surface area (Å²) in [6.07, 6.45) is 6.92. The van der Waals surface area contributed by atoms with Crippen molar-refractivity contribution in [1.29, 1.82) is 0 Å². The first-order chi connectivity index (χ1) is 6.81. The van der Waals surface area contributed by atoms with Crippen LogP contribution < -0.4 is 5.32 Å². The quantitative estimate of drug-likeness (QED) is 0.743. The smallest absolute Gasteiger partial charge is 0.0249 e. The zero-order valence-corrected chi connectivity index (χ0v) is 9.63. The molecule has 2 heteroatoms. The van der Waals surface area contributed by atoms with E-state index in [9.17, 15) is 0 Å². The minimum absolute atomic E-state index is 0.696. The first-order valence-corrected chi connectivity index (χ1v) is 6.31. The van der Waals surface area contributed by atoms with Crippen LogP contribution in [0.25, 0.3) is 0 Å². The molecule has 82 valence electrons. The highest BCUT2D eigenvalue weighted by atomic mass is 15.2. The number of fused-ring (bicyclic) bond motifs is 1. The number of hydrogen-bond donors (Lipinski definition) is 1. The molecule has 0 spiro atoms. The second-order valence-electron chi connectivity index (χ2n) is 4.97. The monoisotopic (exact) mass is 196 g/mol. The van der Waals surface area contributed by atoms with Gasteiger partial charge in [0.15, 0.2) is 0 Å². The third kappa shape index (κ3) is 2.12. The van der Waals surface area contributed by atoms with Gasteiger partial charge in [-0.2, -0.15) is 0 Å². The van der Waals surface area contributed by atoms with Gasteiger partial charge in [-0.1, -0.05) is 13.3 Å². The molecular formula is C12H24N2. The van der Waals surface area contributed by atoms with Crippen LogP contribution in [0.3, 0.4) is 0 Å². The second kappa shape index (κ2) is 4.63. The Hall–Kier alpha value is -0.0800. The summed E-state index contributed by atoms with van der Waals surface area (Å²) in [5.74, 6) is 0. The van der Waals surface area contributed by atoms with Gasteiger partial charge in [-0.25, -0.2) is 0 Å². The molecule has 0 saturated carbocycles. The van der Waals surface area contributed by atoms with Crippen LogP contribution in [0.5, 0.6) is 0 Å². The van der Waals surface area contributed by atoms with Crippen molar-refractivity contribution in [2.45, 2.75) is 64.1 Å². The fraction of sp³-hybridized carbons (Fsp3) is 1.00. The van der Waals surface area contributed by atoms with E-state index in [1.165, 1.54) is 45.2 Å². The van der Waals surface area contributed by atoms with Crippen LogP contribution >= 0.6 is 0 Å². The minimum Gasteiger partial charge on any atom is -0.310 e. The summed E-state index contributed by atoms with van der Waals surface area (Å²) >= 11 is 0. The van der Waals surface area contributed by atoms with E-state index in [0.29, 0.717) is 6.04 Å². The summed E-state index contributed by atoms with van der Waals surface area (Å²) in [6.45, 7) is 7.26. The largest absolute Gasteiger partial charge is 0.310 e. The fourth-order valence-electron chi connectivity index (χ4n) is 2.93. The van der Waals surface area contributed by atoms with Crippen molar-refractivity contribution in [3.63, 3.8) is 0 Å². The van der Waals surface area contributed by atoms with Gasteiger partial charge in [-0.05, 0) is 39.2 Å². The number of rotatable bonds is 3. The van der Waals surface area contributed by atoms with E-state index in [1.807, 2.05) is 0 Å². The van der Waals surface area contributed by atoms with Crippen LogP contribution in [-0.2, 0) is 0 Å². The molecule has 0 aliphatic carbocycles. The lowest BCUT2D eigenvalue weighted by Crippen LogP contribution is -2.47. The van der Waals surface area contributed by atoms with Gasteiger partial charge in [0.2, 0.25) is 0 Å². The van der Waals surface area contributed by atoms with Crippen LogP contribution in [0, 0.1) is 0 Å². The molecule has 2 nitrogen and oxygen atoms in total. The Bertz CT molecular complexity index is 181. The predicted octanol–water partition coefficient (Wildman–Crippen LogP) is 2.00. The van der Waals surface area contributed by atoms with Gasteiger partial charge < -0.3 is 5.32 Å². The van der Waals surface area contributed by atoms with E-state index >= 15 is 0 Å². The third-order valence-electron chi connectivity index (χ3n) is 3.97. The molecule has 2 saturated heterocycles. The molecule has 3 unspecified atom stereocenters. The molecular weight excluding hydrogens is 172 g/mol. The molecule has 2 rings (SSSR count). The van der Waals surface area contributed by atoms with Crippen molar-refractivity contribution in [3.05, 3.63) is 0 Å². The van der Waals surface area contributed by atoms with Gasteiger partial charge in [0.25, 0.3) is 0 Å². The van der Waals surface area contributed by atoms with Crippen molar-refractivity contribution in [2.24, 2.45) is 0 Å². The summed E-state index contributed by atoms with van der Waals surface area (Å²) in [4.78, 5) is 2.70. The fourth-order valence-corrected chi connectivity index (χ4v) is 2.93. The maximum atomic E-state index is 3.79. The van der Waals surface area contributed by atoms with Crippen molar-refractivity contribution < 1.29 is 0 Å². The van der Waals surface area contributed by atoms with Gasteiger partial charge in [0.05, 0.1) is 0 Å². The summed E-state index contributed by atoms with van der Waals surface area (Å²) in [5, 5.41) is 3.79. The topological polar surface area (TPSA) is 15.3 Å². The Morgan fingerprint density at radius 2 is 2.14 bits per heavy atom. The number of nitrogens with zero attached hydrogens (tertiary/aromatic N) is 1. The Kier molecular flexibility index (Phi) is 3.45. The summed E-state index contributed by atoms with van der Waals surface area (Å²) in [7, 11) is 0. The SMILES string of the molecule is CCC(C)NC1CCN2CCCCC12. The highest BCUT2D eigenvalue weighted by Gasteiger charge is 2.35. The molecule has 0 aromatic rings. The normalized spacial score (nSPS) is 35.6. The molecule has 3 atom stereocenters. The second-order valence-corrected chi connectivity index (χ2v) is 4.97. The van der Waals surface area contributed by atoms with Crippen LogP contribution in [0.2, 0.25) is 0 Å². The van der Waals surface area contributed by atoms with Crippen LogP contribution in [0.15, 0.2) is 0 Å². The summed E-state index contributed by atoms with van der Waals surface area (Å²) in [5.41, 5.74) is 0. The first kappa shape index (κ1) is 10.4. The van der Waals surface area contributed by atoms with Gasteiger partial charge in [0.1, 0.15) is 0 Å². The lowest BCUT2D eigenvalue weighted by molar-refractivity contribution is 0.177. The lowest BCUT2D eigenvalue weighted by Gasteiger charge is -2.33. The van der Waals surface area contributed by atoms with E-state index in [1.54, 1.807) is 0 Å². The maximum Gasteiger partial charge on any atom is 0.0249 e. The van der Waals surface area contributed by atoms with Crippen molar-refractivity contribution in [2.75, 3.05) is 13.1 Å². The van der Waals surface area contributed by atoms with E-state index < -0.39 is 0 Å². The van der Waals surface area contributed by atoms with Crippen LogP contribution in [0.4, 0.5) is 0 Å².